The van der Waals surface area contributed by atoms with E-state index in [2.05, 4.69) is 11.3 Å². The van der Waals surface area contributed by atoms with Gasteiger partial charge in [-0.15, -0.1) is 0 Å². The van der Waals surface area contributed by atoms with Gasteiger partial charge in [-0.3, -0.25) is 0 Å². The van der Waals surface area contributed by atoms with Crippen molar-refractivity contribution in [3.63, 3.8) is 0 Å². The molecule has 0 aliphatic rings. The van der Waals surface area contributed by atoms with E-state index >= 15 is 0 Å². The first-order valence-electron chi connectivity index (χ1n) is 2.58. The van der Waals surface area contributed by atoms with Gasteiger partial charge in [-0.1, -0.05) is 6.58 Å². The maximum Gasteiger partial charge on any atom is 0.341 e. The fourth-order valence-electron chi connectivity index (χ4n) is 0.250. The summed E-state index contributed by atoms with van der Waals surface area (Å²) in [5, 5.41) is 8.04. The van der Waals surface area contributed by atoms with Crippen LogP contribution in [0, 0.1) is 0 Å². The largest absolute Gasteiger partial charge is 0.479 e. The molecule has 0 rings (SSSR count). The van der Waals surface area contributed by atoms with Gasteiger partial charge in [-0.2, -0.15) is 0 Å². The van der Waals surface area contributed by atoms with Crippen molar-refractivity contribution in [3.8, 4) is 0 Å². The van der Waals surface area contributed by atoms with Gasteiger partial charge in [0, 0.05) is 5.57 Å². The van der Waals surface area contributed by atoms with E-state index in [0.29, 0.717) is 0 Å². The minimum atomic E-state index is -1.17. The third kappa shape index (κ3) is 3.65. The average molecular weight is 144 g/mol. The fraction of sp³-hybridized carbons (Fsp3) is 0.333. The van der Waals surface area contributed by atoms with Crippen molar-refractivity contribution >= 4 is 11.9 Å². The number of carboxylic acids is 1. The highest BCUT2D eigenvalue weighted by Gasteiger charge is 2.04. The number of carbonyl (C=O) groups excluding carboxylic acids is 1. The van der Waals surface area contributed by atoms with Gasteiger partial charge in [0.05, 0.1) is 0 Å². The van der Waals surface area contributed by atoms with Gasteiger partial charge in [0.25, 0.3) is 0 Å². The molecule has 56 valence electrons. The monoisotopic (exact) mass is 144 g/mol. The third-order valence-corrected chi connectivity index (χ3v) is 0.675. The zero-order valence-electron chi connectivity index (χ0n) is 5.59. The Bertz CT molecular complexity index is 171. The van der Waals surface area contributed by atoms with Crippen LogP contribution in [0.3, 0.4) is 0 Å². The topological polar surface area (TPSA) is 63.6 Å². The molecule has 0 unspecified atom stereocenters. The molecule has 0 bridgehead atoms. The molecule has 0 saturated carbocycles. The summed E-state index contributed by atoms with van der Waals surface area (Å²) in [5.74, 6) is -1.85. The number of ether oxygens (including phenoxy) is 1. The second kappa shape index (κ2) is 3.66. The van der Waals surface area contributed by atoms with E-state index in [1.165, 1.54) is 6.92 Å². The lowest BCUT2D eigenvalue weighted by molar-refractivity contribution is -0.152. The lowest BCUT2D eigenvalue weighted by Gasteiger charge is -1.98. The van der Waals surface area contributed by atoms with E-state index in [1.54, 1.807) is 0 Å². The first kappa shape index (κ1) is 8.68. The van der Waals surface area contributed by atoms with Gasteiger partial charge in [0.2, 0.25) is 0 Å². The zero-order valence-corrected chi connectivity index (χ0v) is 5.59. The van der Waals surface area contributed by atoms with Crippen LogP contribution in [0.4, 0.5) is 0 Å². The summed E-state index contributed by atoms with van der Waals surface area (Å²) in [5.41, 5.74) is 0.196. The lowest BCUT2D eigenvalue weighted by atomic mass is 10.4. The Morgan fingerprint density at radius 2 is 2.10 bits per heavy atom. The van der Waals surface area contributed by atoms with Gasteiger partial charge in [-0.25, -0.2) is 9.59 Å². The fourth-order valence-corrected chi connectivity index (χ4v) is 0.250. The summed E-state index contributed by atoms with van der Waals surface area (Å²) in [6.07, 6.45) is 0. The van der Waals surface area contributed by atoms with Gasteiger partial charge >= 0.3 is 11.9 Å². The number of hydrogen-bond donors (Lipinski definition) is 1. The number of hydrogen-bond acceptors (Lipinski definition) is 3. The van der Waals surface area contributed by atoms with Crippen molar-refractivity contribution in [2.24, 2.45) is 0 Å². The Hall–Kier alpha value is -1.32. The molecule has 0 radical (unpaired) electrons. The number of carboxylic acid groups (broad SMARTS) is 1. The highest BCUT2D eigenvalue weighted by Crippen LogP contribution is 1.90. The van der Waals surface area contributed by atoms with Crippen LogP contribution >= 0.6 is 0 Å². The van der Waals surface area contributed by atoms with E-state index < -0.39 is 18.5 Å². The third-order valence-electron chi connectivity index (χ3n) is 0.675. The first-order chi connectivity index (χ1) is 4.54. The van der Waals surface area contributed by atoms with Crippen LogP contribution in [-0.4, -0.2) is 23.7 Å². The second-order valence-corrected chi connectivity index (χ2v) is 1.75. The van der Waals surface area contributed by atoms with Crippen LogP contribution in [0.25, 0.3) is 0 Å². The molecule has 0 fully saturated rings. The maximum atomic E-state index is 10.5. The van der Waals surface area contributed by atoms with E-state index in [-0.39, 0.29) is 5.57 Å². The summed E-state index contributed by atoms with van der Waals surface area (Å²) in [6.45, 7) is 4.11. The molecule has 0 aliphatic heterocycles. The van der Waals surface area contributed by atoms with Crippen molar-refractivity contribution in [1.82, 2.24) is 0 Å². The SMILES string of the molecule is C=C(C)C(=O)OCC(=O)O. The van der Waals surface area contributed by atoms with Crippen molar-refractivity contribution in [2.45, 2.75) is 6.92 Å². The van der Waals surface area contributed by atoms with Crippen molar-refractivity contribution in [3.05, 3.63) is 12.2 Å². The molecule has 0 spiro atoms. The molecule has 0 aromatic heterocycles. The number of rotatable bonds is 3. The van der Waals surface area contributed by atoms with Gasteiger partial charge in [-0.05, 0) is 6.92 Å². The highest BCUT2D eigenvalue weighted by atomic mass is 16.5. The molecule has 0 saturated heterocycles. The molecule has 4 nitrogen and oxygen atoms in total. The molecule has 0 aliphatic carbocycles. The Kier molecular flexibility index (Phi) is 3.17. The molecule has 10 heavy (non-hydrogen) atoms. The quantitative estimate of drug-likeness (QED) is 0.453. The summed E-state index contributed by atoms with van der Waals surface area (Å²) < 4.78 is 4.23. The van der Waals surface area contributed by atoms with Gasteiger partial charge < -0.3 is 9.84 Å². The highest BCUT2D eigenvalue weighted by molar-refractivity contribution is 5.88. The van der Waals surface area contributed by atoms with Crippen molar-refractivity contribution < 1.29 is 19.4 Å². The van der Waals surface area contributed by atoms with E-state index in [9.17, 15) is 9.59 Å². The smallest absolute Gasteiger partial charge is 0.341 e. The molecular weight excluding hydrogens is 136 g/mol. The van der Waals surface area contributed by atoms with Crippen LogP contribution in [-0.2, 0) is 14.3 Å². The Morgan fingerprint density at radius 3 is 2.40 bits per heavy atom. The summed E-state index contributed by atoms with van der Waals surface area (Å²) in [4.78, 5) is 20.3. The number of esters is 1. The normalized spacial score (nSPS) is 8.50. The van der Waals surface area contributed by atoms with Crippen molar-refractivity contribution in [1.29, 1.82) is 0 Å². The van der Waals surface area contributed by atoms with E-state index in [4.69, 9.17) is 5.11 Å². The Labute approximate surface area is 58.1 Å². The number of aliphatic carboxylic acids is 1. The molecule has 0 atom stereocenters. The molecule has 1 N–H and O–H groups in total. The zero-order chi connectivity index (χ0) is 8.15. The van der Waals surface area contributed by atoms with E-state index in [0.717, 1.165) is 0 Å². The Balaban J connectivity index is 3.60. The molecule has 0 aromatic carbocycles. The number of carbonyl (C=O) groups is 2. The minimum absolute atomic E-state index is 0.196. The lowest BCUT2D eigenvalue weighted by Crippen LogP contribution is -2.12. The molecular formula is C6H8O4. The molecule has 0 heterocycles. The van der Waals surface area contributed by atoms with Crippen LogP contribution in [0.15, 0.2) is 12.2 Å². The van der Waals surface area contributed by atoms with Gasteiger partial charge in [0.1, 0.15) is 0 Å². The standard InChI is InChI=1S/C6H8O4/c1-4(2)6(9)10-3-5(7)8/h1,3H2,2H3,(H,7,8). The summed E-state index contributed by atoms with van der Waals surface area (Å²) >= 11 is 0. The van der Waals surface area contributed by atoms with Crippen LogP contribution in [0.1, 0.15) is 6.92 Å². The summed E-state index contributed by atoms with van der Waals surface area (Å²) in [7, 11) is 0. The molecule has 4 heteroatoms. The maximum absolute atomic E-state index is 10.5. The Morgan fingerprint density at radius 1 is 1.60 bits per heavy atom. The molecule has 0 aromatic rings. The first-order valence-corrected chi connectivity index (χ1v) is 2.58. The van der Waals surface area contributed by atoms with Gasteiger partial charge in [0.15, 0.2) is 6.61 Å². The van der Waals surface area contributed by atoms with Crippen LogP contribution < -0.4 is 0 Å². The predicted octanol–water partition coefficient (Wildman–Crippen LogP) is 0.190. The predicted molar refractivity (Wildman–Crippen MR) is 33.4 cm³/mol. The molecule has 0 amide bonds. The average Bonchev–Trinajstić information content (AvgIpc) is 1.82. The van der Waals surface area contributed by atoms with Crippen LogP contribution in [0.2, 0.25) is 0 Å². The van der Waals surface area contributed by atoms with Crippen LogP contribution in [0.5, 0.6) is 0 Å². The summed E-state index contributed by atoms with van der Waals surface area (Å²) in [6, 6.07) is 0. The second-order valence-electron chi connectivity index (χ2n) is 1.75. The van der Waals surface area contributed by atoms with E-state index in [1.807, 2.05) is 0 Å². The minimum Gasteiger partial charge on any atom is -0.479 e. The van der Waals surface area contributed by atoms with Crippen molar-refractivity contribution in [2.75, 3.05) is 6.61 Å².